The first-order chi connectivity index (χ1) is 12.8. The van der Waals surface area contributed by atoms with Gasteiger partial charge >= 0.3 is 6.36 Å². The number of alkyl halides is 3. The van der Waals surface area contributed by atoms with Crippen LogP contribution in [0.5, 0.6) is 5.75 Å². The number of halogens is 5. The predicted octanol–water partition coefficient (Wildman–Crippen LogP) is 5.83. The van der Waals surface area contributed by atoms with Crippen LogP contribution in [0, 0.1) is 0 Å². The fraction of sp³-hybridized carbons (Fsp3) is 0.0588. The molecule has 0 amide bonds. The summed E-state index contributed by atoms with van der Waals surface area (Å²) < 4.78 is 41.0. The van der Waals surface area contributed by atoms with Crippen LogP contribution in [-0.4, -0.2) is 26.5 Å². The normalized spacial score (nSPS) is 11.9. The number of ether oxygens (including phenoxy) is 1. The third-order valence-electron chi connectivity index (χ3n) is 3.68. The van der Waals surface area contributed by atoms with Crippen molar-refractivity contribution in [3.05, 3.63) is 52.5 Å². The molecule has 2 heterocycles. The number of imidazole rings is 1. The Hall–Kier alpha value is -2.71. The molecule has 0 aliphatic rings. The van der Waals surface area contributed by atoms with Gasteiger partial charge in [-0.05, 0) is 36.4 Å². The van der Waals surface area contributed by atoms with Gasteiger partial charge in [0, 0.05) is 21.7 Å². The van der Waals surface area contributed by atoms with Crippen LogP contribution in [0.1, 0.15) is 0 Å². The van der Waals surface area contributed by atoms with Crippen LogP contribution in [-0.2, 0) is 0 Å². The van der Waals surface area contributed by atoms with Gasteiger partial charge in [0.05, 0.1) is 16.7 Å². The Labute approximate surface area is 160 Å². The molecule has 2 N–H and O–H groups in total. The van der Waals surface area contributed by atoms with Crippen LogP contribution in [0.15, 0.2) is 42.5 Å². The summed E-state index contributed by atoms with van der Waals surface area (Å²) in [7, 11) is 0. The monoisotopic (exact) mass is 412 g/mol. The smallest absolute Gasteiger partial charge is 0.406 e. The third kappa shape index (κ3) is 3.86. The topological polar surface area (TPSA) is 66.6 Å². The van der Waals surface area contributed by atoms with Gasteiger partial charge in [0.1, 0.15) is 11.4 Å². The maximum Gasteiger partial charge on any atom is 0.573 e. The van der Waals surface area contributed by atoms with E-state index >= 15 is 0 Å². The van der Waals surface area contributed by atoms with E-state index in [1.54, 1.807) is 24.3 Å². The lowest BCUT2D eigenvalue weighted by molar-refractivity contribution is -0.274. The van der Waals surface area contributed by atoms with E-state index in [0.717, 1.165) is 0 Å². The zero-order chi connectivity index (χ0) is 19.2. The van der Waals surface area contributed by atoms with Crippen LogP contribution in [0.25, 0.3) is 33.8 Å². The van der Waals surface area contributed by atoms with Gasteiger partial charge in [0.2, 0.25) is 0 Å². The van der Waals surface area contributed by atoms with E-state index in [1.807, 2.05) is 0 Å². The second kappa shape index (κ2) is 6.47. The van der Waals surface area contributed by atoms with Crippen LogP contribution < -0.4 is 4.74 Å². The standard InChI is InChI=1S/C17H9Cl2F3N4O/c18-9-3-8(4-10(19)5-9)13-7-15(26-25-13)16-23-12-2-1-11(6-14(12)24-16)27-17(20,21)22/h1-7H,(H,23,24)(H,25,26). The van der Waals surface area contributed by atoms with E-state index in [1.165, 1.54) is 18.2 Å². The third-order valence-corrected chi connectivity index (χ3v) is 4.11. The van der Waals surface area contributed by atoms with E-state index in [-0.39, 0.29) is 5.75 Å². The van der Waals surface area contributed by atoms with Crippen LogP contribution in [0.3, 0.4) is 0 Å². The zero-order valence-electron chi connectivity index (χ0n) is 13.2. The SMILES string of the molecule is FC(F)(F)Oc1ccc2nc(-c3cc(-c4cc(Cl)cc(Cl)c4)n[nH]3)[nH]c2c1. The van der Waals surface area contributed by atoms with Gasteiger partial charge in [-0.2, -0.15) is 5.10 Å². The van der Waals surface area contributed by atoms with Crippen molar-refractivity contribution < 1.29 is 17.9 Å². The lowest BCUT2D eigenvalue weighted by Gasteiger charge is -2.07. The highest BCUT2D eigenvalue weighted by Crippen LogP contribution is 2.30. The van der Waals surface area contributed by atoms with E-state index in [4.69, 9.17) is 23.2 Å². The van der Waals surface area contributed by atoms with Crippen molar-refractivity contribution in [3.8, 4) is 28.5 Å². The molecule has 0 saturated heterocycles. The molecule has 4 rings (SSSR count). The molecule has 0 unspecified atom stereocenters. The molecule has 0 spiro atoms. The number of rotatable bonds is 3. The number of fused-ring (bicyclic) bond motifs is 1. The average molecular weight is 413 g/mol. The van der Waals surface area contributed by atoms with Gasteiger partial charge in [-0.25, -0.2) is 4.98 Å². The fourth-order valence-corrected chi connectivity index (χ4v) is 3.13. The Morgan fingerprint density at radius 2 is 1.70 bits per heavy atom. The summed E-state index contributed by atoms with van der Waals surface area (Å²) in [6, 6.07) is 10.6. The van der Waals surface area contributed by atoms with E-state index in [0.29, 0.717) is 43.9 Å². The quantitative estimate of drug-likeness (QED) is 0.445. The predicted molar refractivity (Wildman–Crippen MR) is 95.8 cm³/mol. The second-order valence-electron chi connectivity index (χ2n) is 5.64. The first-order valence-corrected chi connectivity index (χ1v) is 8.30. The van der Waals surface area contributed by atoms with Gasteiger partial charge in [0.15, 0.2) is 5.82 Å². The van der Waals surface area contributed by atoms with Crippen molar-refractivity contribution in [2.24, 2.45) is 0 Å². The highest BCUT2D eigenvalue weighted by molar-refractivity contribution is 6.35. The number of nitrogens with zero attached hydrogens (tertiary/aromatic N) is 2. The Bertz CT molecular complexity index is 1120. The molecule has 27 heavy (non-hydrogen) atoms. The Balaban J connectivity index is 1.67. The molecule has 2 aromatic carbocycles. The summed E-state index contributed by atoms with van der Waals surface area (Å²) >= 11 is 12.0. The maximum atomic E-state index is 12.4. The second-order valence-corrected chi connectivity index (χ2v) is 6.51. The molecule has 0 aliphatic heterocycles. The Morgan fingerprint density at radius 3 is 2.41 bits per heavy atom. The van der Waals surface area contributed by atoms with Crippen molar-refractivity contribution in [3.63, 3.8) is 0 Å². The number of H-pyrrole nitrogens is 2. The van der Waals surface area contributed by atoms with Crippen LogP contribution in [0.4, 0.5) is 13.2 Å². The largest absolute Gasteiger partial charge is 0.573 e. The van der Waals surface area contributed by atoms with E-state index in [2.05, 4.69) is 24.9 Å². The molecular formula is C17H9Cl2F3N4O. The van der Waals surface area contributed by atoms with Gasteiger partial charge in [-0.1, -0.05) is 23.2 Å². The molecule has 0 bridgehead atoms. The highest BCUT2D eigenvalue weighted by Gasteiger charge is 2.31. The number of aromatic amines is 2. The minimum absolute atomic E-state index is 0.330. The Morgan fingerprint density at radius 1 is 0.963 bits per heavy atom. The van der Waals surface area contributed by atoms with Gasteiger partial charge < -0.3 is 9.72 Å². The molecule has 0 aliphatic carbocycles. The summed E-state index contributed by atoms with van der Waals surface area (Å²) in [6.07, 6.45) is -4.76. The summed E-state index contributed by atoms with van der Waals surface area (Å²) in [5.74, 6) is 0.0881. The van der Waals surface area contributed by atoms with Crippen molar-refractivity contribution in [1.29, 1.82) is 0 Å². The maximum absolute atomic E-state index is 12.4. The molecule has 0 saturated carbocycles. The van der Waals surface area contributed by atoms with Gasteiger partial charge in [-0.15, -0.1) is 13.2 Å². The molecule has 4 aromatic rings. The number of benzene rings is 2. The molecular weight excluding hydrogens is 404 g/mol. The van der Waals surface area contributed by atoms with Crippen molar-refractivity contribution in [1.82, 2.24) is 20.2 Å². The Kier molecular flexibility index (Phi) is 4.24. The van der Waals surface area contributed by atoms with Crippen LogP contribution in [0.2, 0.25) is 10.0 Å². The first kappa shape index (κ1) is 17.7. The molecule has 138 valence electrons. The minimum atomic E-state index is -4.76. The minimum Gasteiger partial charge on any atom is -0.406 e. The summed E-state index contributed by atoms with van der Waals surface area (Å²) in [4.78, 5) is 7.29. The van der Waals surface area contributed by atoms with E-state index in [9.17, 15) is 13.2 Å². The number of hydrogen-bond acceptors (Lipinski definition) is 3. The zero-order valence-corrected chi connectivity index (χ0v) is 14.7. The molecule has 2 aromatic heterocycles. The van der Waals surface area contributed by atoms with Crippen molar-refractivity contribution in [2.45, 2.75) is 6.36 Å². The molecule has 5 nitrogen and oxygen atoms in total. The number of hydrogen-bond donors (Lipinski definition) is 2. The molecule has 0 fully saturated rings. The summed E-state index contributed by atoms with van der Waals surface area (Å²) in [5, 5.41) is 7.99. The number of aromatic nitrogens is 4. The highest BCUT2D eigenvalue weighted by atomic mass is 35.5. The lowest BCUT2D eigenvalue weighted by Crippen LogP contribution is -2.16. The van der Waals surface area contributed by atoms with Crippen LogP contribution >= 0.6 is 23.2 Å². The number of nitrogens with one attached hydrogen (secondary N) is 2. The summed E-state index contributed by atoms with van der Waals surface area (Å²) in [5.41, 5.74) is 2.74. The van der Waals surface area contributed by atoms with Crippen molar-refractivity contribution >= 4 is 34.2 Å². The van der Waals surface area contributed by atoms with Gasteiger partial charge in [0.25, 0.3) is 0 Å². The lowest BCUT2D eigenvalue weighted by atomic mass is 10.1. The van der Waals surface area contributed by atoms with Gasteiger partial charge in [-0.3, -0.25) is 5.10 Å². The fourth-order valence-electron chi connectivity index (χ4n) is 2.61. The molecule has 10 heteroatoms. The average Bonchev–Trinajstić information content (AvgIpc) is 3.18. The first-order valence-electron chi connectivity index (χ1n) is 7.55. The van der Waals surface area contributed by atoms with Crippen molar-refractivity contribution in [2.75, 3.05) is 0 Å². The van der Waals surface area contributed by atoms with E-state index < -0.39 is 6.36 Å². The molecule has 0 radical (unpaired) electrons. The molecule has 0 atom stereocenters. The summed E-state index contributed by atoms with van der Waals surface area (Å²) in [6.45, 7) is 0.